The molecule has 3 aromatic heterocycles. The molecule has 0 aliphatic heterocycles. The number of anilines is 1. The van der Waals surface area contributed by atoms with Crippen LogP contribution in [0.4, 0.5) is 5.82 Å². The molecule has 122 valence electrons. The first kappa shape index (κ1) is 15.3. The van der Waals surface area contributed by atoms with Crippen LogP contribution in [0.3, 0.4) is 0 Å². The van der Waals surface area contributed by atoms with Crippen LogP contribution in [0.1, 0.15) is 22.9 Å². The summed E-state index contributed by atoms with van der Waals surface area (Å²) in [6.45, 7) is 2.12. The van der Waals surface area contributed by atoms with Gasteiger partial charge in [0.05, 0.1) is 23.2 Å². The Kier molecular flexibility index (Phi) is 3.88. The molecule has 25 heavy (non-hydrogen) atoms. The van der Waals surface area contributed by atoms with E-state index in [-0.39, 0.29) is 0 Å². The Labute approximate surface area is 147 Å². The van der Waals surface area contributed by atoms with Crippen molar-refractivity contribution in [3.63, 3.8) is 0 Å². The number of hydrogen-bond donors (Lipinski definition) is 2. The molecule has 0 amide bonds. The van der Waals surface area contributed by atoms with Crippen LogP contribution in [-0.2, 0) is 6.42 Å². The van der Waals surface area contributed by atoms with E-state index in [9.17, 15) is 0 Å². The summed E-state index contributed by atoms with van der Waals surface area (Å²) in [7, 11) is 0. The Morgan fingerprint density at radius 3 is 3.08 bits per heavy atom. The van der Waals surface area contributed by atoms with Crippen molar-refractivity contribution in [2.24, 2.45) is 5.10 Å². The second-order valence-electron chi connectivity index (χ2n) is 5.49. The van der Waals surface area contributed by atoms with Crippen molar-refractivity contribution in [2.45, 2.75) is 13.3 Å². The third kappa shape index (κ3) is 2.84. The first-order valence-electron chi connectivity index (χ1n) is 7.82. The number of H-pyrrole nitrogens is 1. The summed E-state index contributed by atoms with van der Waals surface area (Å²) in [5.41, 5.74) is 5.50. The van der Waals surface area contributed by atoms with Crippen molar-refractivity contribution in [3.8, 4) is 6.07 Å². The minimum Gasteiger partial charge on any atom is -0.361 e. The third-order valence-corrected chi connectivity index (χ3v) is 5.13. The number of rotatable bonds is 4. The molecule has 0 fully saturated rings. The van der Waals surface area contributed by atoms with Gasteiger partial charge in [-0.2, -0.15) is 10.4 Å². The molecule has 0 bridgehead atoms. The predicted molar refractivity (Wildman–Crippen MR) is 101 cm³/mol. The quantitative estimate of drug-likeness (QED) is 0.431. The maximum Gasteiger partial charge on any atom is 0.158 e. The molecule has 0 aliphatic carbocycles. The monoisotopic (exact) mass is 346 g/mol. The van der Waals surface area contributed by atoms with Crippen LogP contribution in [0.2, 0.25) is 0 Å². The maximum atomic E-state index is 9.05. The number of nitriles is 1. The van der Waals surface area contributed by atoms with E-state index in [0.29, 0.717) is 11.4 Å². The van der Waals surface area contributed by atoms with E-state index < -0.39 is 0 Å². The van der Waals surface area contributed by atoms with Gasteiger partial charge in [-0.05, 0) is 30.7 Å². The molecule has 7 heteroatoms. The highest BCUT2D eigenvalue weighted by Crippen LogP contribution is 2.28. The van der Waals surface area contributed by atoms with Crippen molar-refractivity contribution in [1.82, 2.24) is 15.0 Å². The molecule has 0 saturated carbocycles. The first-order chi connectivity index (χ1) is 12.3. The molecule has 4 rings (SSSR count). The second kappa shape index (κ2) is 6.34. The Morgan fingerprint density at radius 2 is 2.24 bits per heavy atom. The normalized spacial score (nSPS) is 11.4. The Balaban J connectivity index is 1.63. The molecule has 4 aromatic rings. The van der Waals surface area contributed by atoms with Crippen LogP contribution in [0.25, 0.3) is 21.1 Å². The number of aromatic nitrogens is 3. The molecule has 3 heterocycles. The molecular formula is C18H14N6S. The third-order valence-electron chi connectivity index (χ3n) is 3.95. The van der Waals surface area contributed by atoms with Gasteiger partial charge in [-0.1, -0.05) is 6.92 Å². The minimum absolute atomic E-state index is 0.623. The molecule has 0 radical (unpaired) electrons. The molecule has 1 aromatic carbocycles. The lowest BCUT2D eigenvalue weighted by molar-refractivity contribution is 1.18. The number of nitrogens with one attached hydrogen (secondary N) is 2. The number of benzene rings is 1. The van der Waals surface area contributed by atoms with Crippen LogP contribution in [0.15, 0.2) is 41.9 Å². The van der Waals surface area contributed by atoms with Crippen LogP contribution in [0, 0.1) is 11.3 Å². The molecule has 6 nitrogen and oxygen atoms in total. The van der Waals surface area contributed by atoms with E-state index in [2.05, 4.69) is 44.5 Å². The van der Waals surface area contributed by atoms with Gasteiger partial charge in [0.25, 0.3) is 0 Å². The van der Waals surface area contributed by atoms with Gasteiger partial charge in [0, 0.05) is 27.5 Å². The van der Waals surface area contributed by atoms with Gasteiger partial charge in [0.15, 0.2) is 5.82 Å². The van der Waals surface area contributed by atoms with Crippen molar-refractivity contribution < 1.29 is 0 Å². The second-order valence-corrected chi connectivity index (χ2v) is 6.61. The summed E-state index contributed by atoms with van der Waals surface area (Å²) in [6, 6.07) is 9.79. The molecule has 0 unspecified atom stereocenters. The summed E-state index contributed by atoms with van der Waals surface area (Å²) >= 11 is 1.67. The van der Waals surface area contributed by atoms with Crippen molar-refractivity contribution >= 4 is 44.5 Å². The molecule has 0 saturated heterocycles. The fraction of sp³-hybridized carbons (Fsp3) is 0.111. The topological polar surface area (TPSA) is 89.8 Å². The van der Waals surface area contributed by atoms with E-state index in [1.165, 1.54) is 4.88 Å². The Morgan fingerprint density at radius 1 is 1.32 bits per heavy atom. The summed E-state index contributed by atoms with van der Waals surface area (Å²) in [5, 5.41) is 15.3. The van der Waals surface area contributed by atoms with E-state index in [0.717, 1.165) is 33.1 Å². The van der Waals surface area contributed by atoms with Gasteiger partial charge < -0.3 is 4.98 Å². The SMILES string of the molecule is CCc1cc2c(N/N=C/c3c[nH]c4ccc(C#N)cc34)ncnc2s1. The highest BCUT2D eigenvalue weighted by molar-refractivity contribution is 7.18. The van der Waals surface area contributed by atoms with Gasteiger partial charge in [-0.25, -0.2) is 9.97 Å². The lowest BCUT2D eigenvalue weighted by atomic mass is 10.1. The highest BCUT2D eigenvalue weighted by Gasteiger charge is 2.07. The fourth-order valence-corrected chi connectivity index (χ4v) is 3.59. The average Bonchev–Trinajstić information content (AvgIpc) is 3.25. The largest absolute Gasteiger partial charge is 0.361 e. The average molecular weight is 346 g/mol. The number of thiophene rings is 1. The number of hydrazone groups is 1. The molecule has 0 aliphatic rings. The Hall–Kier alpha value is -3.24. The number of aromatic amines is 1. The molecule has 0 atom stereocenters. The van der Waals surface area contributed by atoms with Crippen molar-refractivity contribution in [3.05, 3.63) is 52.8 Å². The molecular weight excluding hydrogens is 332 g/mol. The van der Waals surface area contributed by atoms with Crippen LogP contribution >= 0.6 is 11.3 Å². The summed E-state index contributed by atoms with van der Waals surface area (Å²) in [4.78, 5) is 14.0. The van der Waals surface area contributed by atoms with Gasteiger partial charge >= 0.3 is 0 Å². The van der Waals surface area contributed by atoms with Gasteiger partial charge in [0.1, 0.15) is 11.2 Å². The minimum atomic E-state index is 0.623. The summed E-state index contributed by atoms with van der Waals surface area (Å²) < 4.78 is 0. The van der Waals surface area contributed by atoms with Crippen LogP contribution < -0.4 is 5.43 Å². The number of nitrogens with zero attached hydrogens (tertiary/aromatic N) is 4. The molecule has 2 N–H and O–H groups in total. The standard InChI is InChI=1S/C18H14N6S/c1-2-13-6-15-17(21-10-22-18(15)25-13)24-23-9-12-8-20-16-4-3-11(7-19)5-14(12)16/h3-6,8-10,20H,2H2,1H3,(H,21,22,24)/b23-9+. The zero-order chi connectivity index (χ0) is 17.2. The van der Waals surface area contributed by atoms with Gasteiger partial charge in [-0.15, -0.1) is 11.3 Å². The van der Waals surface area contributed by atoms with Crippen molar-refractivity contribution in [2.75, 3.05) is 5.43 Å². The zero-order valence-electron chi connectivity index (χ0n) is 13.4. The van der Waals surface area contributed by atoms with E-state index in [1.807, 2.05) is 18.3 Å². The van der Waals surface area contributed by atoms with E-state index in [1.54, 1.807) is 29.9 Å². The highest BCUT2D eigenvalue weighted by atomic mass is 32.1. The zero-order valence-corrected chi connectivity index (χ0v) is 14.3. The maximum absolute atomic E-state index is 9.05. The predicted octanol–water partition coefficient (Wildman–Crippen LogP) is 4.05. The fourth-order valence-electron chi connectivity index (χ4n) is 2.65. The lowest BCUT2D eigenvalue weighted by Gasteiger charge is -1.99. The van der Waals surface area contributed by atoms with E-state index in [4.69, 9.17) is 5.26 Å². The van der Waals surface area contributed by atoms with E-state index >= 15 is 0 Å². The summed E-state index contributed by atoms with van der Waals surface area (Å²) in [5.74, 6) is 0.690. The smallest absolute Gasteiger partial charge is 0.158 e. The number of hydrogen-bond acceptors (Lipinski definition) is 6. The molecule has 0 spiro atoms. The number of fused-ring (bicyclic) bond motifs is 2. The lowest BCUT2D eigenvalue weighted by Crippen LogP contribution is -1.94. The number of aryl methyl sites for hydroxylation is 1. The van der Waals surface area contributed by atoms with Crippen LogP contribution in [0.5, 0.6) is 0 Å². The van der Waals surface area contributed by atoms with Gasteiger partial charge in [-0.3, -0.25) is 5.43 Å². The Bertz CT molecular complexity index is 1130. The van der Waals surface area contributed by atoms with Gasteiger partial charge in [0.2, 0.25) is 0 Å². The van der Waals surface area contributed by atoms with Crippen LogP contribution in [-0.4, -0.2) is 21.2 Å². The first-order valence-corrected chi connectivity index (χ1v) is 8.64. The van der Waals surface area contributed by atoms with Crippen molar-refractivity contribution in [1.29, 1.82) is 5.26 Å². The summed E-state index contributed by atoms with van der Waals surface area (Å²) in [6.07, 6.45) is 6.11.